The Labute approximate surface area is 120 Å². The summed E-state index contributed by atoms with van der Waals surface area (Å²) in [7, 11) is 0. The van der Waals surface area contributed by atoms with Gasteiger partial charge < -0.3 is 5.32 Å². The van der Waals surface area contributed by atoms with Crippen LogP contribution in [0.2, 0.25) is 0 Å². The summed E-state index contributed by atoms with van der Waals surface area (Å²) in [5.41, 5.74) is 1.82. The normalized spacial score (nSPS) is 10.4. The molecule has 0 spiro atoms. The molecule has 0 saturated heterocycles. The number of benzene rings is 1. The highest BCUT2D eigenvalue weighted by Crippen LogP contribution is 2.10. The fourth-order valence-electron chi connectivity index (χ4n) is 1.77. The maximum Gasteiger partial charge on any atom is 0.251 e. The molecule has 0 bridgehead atoms. The van der Waals surface area contributed by atoms with Crippen molar-refractivity contribution in [3.05, 3.63) is 52.3 Å². The van der Waals surface area contributed by atoms with Crippen LogP contribution < -0.4 is 5.32 Å². The van der Waals surface area contributed by atoms with Crippen LogP contribution >= 0.6 is 15.9 Å². The Morgan fingerprint density at radius 1 is 1.32 bits per heavy atom. The molecule has 19 heavy (non-hydrogen) atoms. The van der Waals surface area contributed by atoms with Crippen LogP contribution in [-0.4, -0.2) is 22.2 Å². The molecule has 5 heteroatoms. The van der Waals surface area contributed by atoms with E-state index in [4.69, 9.17) is 0 Å². The van der Waals surface area contributed by atoms with Gasteiger partial charge in [-0.2, -0.15) is 5.10 Å². The van der Waals surface area contributed by atoms with Gasteiger partial charge in [0.1, 0.15) is 0 Å². The van der Waals surface area contributed by atoms with Gasteiger partial charge in [0.2, 0.25) is 0 Å². The Morgan fingerprint density at radius 3 is 2.68 bits per heavy atom. The fraction of sp³-hybridized carbons (Fsp3) is 0.286. The van der Waals surface area contributed by atoms with Gasteiger partial charge >= 0.3 is 0 Å². The number of hydrogen-bond acceptors (Lipinski definition) is 2. The van der Waals surface area contributed by atoms with Gasteiger partial charge in [0.15, 0.2) is 0 Å². The van der Waals surface area contributed by atoms with Gasteiger partial charge in [-0.25, -0.2) is 0 Å². The van der Waals surface area contributed by atoms with Gasteiger partial charge in [0, 0.05) is 35.0 Å². The van der Waals surface area contributed by atoms with Crippen molar-refractivity contribution in [3.8, 4) is 0 Å². The molecule has 1 aromatic heterocycles. The molecule has 2 rings (SSSR count). The van der Waals surface area contributed by atoms with Crippen LogP contribution in [0, 0.1) is 6.92 Å². The molecule has 0 aliphatic heterocycles. The molecule has 0 aliphatic rings. The summed E-state index contributed by atoms with van der Waals surface area (Å²) in [4.78, 5) is 11.8. The van der Waals surface area contributed by atoms with Gasteiger partial charge in [-0.1, -0.05) is 15.9 Å². The second-order valence-electron chi connectivity index (χ2n) is 4.31. The summed E-state index contributed by atoms with van der Waals surface area (Å²) < 4.78 is 2.91. The number of halogens is 1. The fourth-order valence-corrected chi connectivity index (χ4v) is 2.03. The minimum Gasteiger partial charge on any atom is -0.352 e. The van der Waals surface area contributed by atoms with E-state index in [9.17, 15) is 4.79 Å². The van der Waals surface area contributed by atoms with Crippen LogP contribution in [-0.2, 0) is 6.54 Å². The first-order chi connectivity index (χ1) is 9.16. The molecule has 0 aliphatic carbocycles. The highest BCUT2D eigenvalue weighted by Gasteiger charge is 2.04. The van der Waals surface area contributed by atoms with Gasteiger partial charge in [-0.3, -0.25) is 9.48 Å². The van der Waals surface area contributed by atoms with Gasteiger partial charge in [0.05, 0.1) is 0 Å². The first-order valence-electron chi connectivity index (χ1n) is 6.19. The molecule has 0 saturated carbocycles. The molecule has 1 heterocycles. The Bertz CT molecular complexity index is 548. The van der Waals surface area contributed by atoms with E-state index in [1.807, 2.05) is 29.8 Å². The largest absolute Gasteiger partial charge is 0.352 e. The summed E-state index contributed by atoms with van der Waals surface area (Å²) in [6, 6.07) is 9.30. The van der Waals surface area contributed by atoms with Crippen molar-refractivity contribution >= 4 is 21.8 Å². The maximum atomic E-state index is 11.8. The van der Waals surface area contributed by atoms with Gasteiger partial charge in [-0.05, 0) is 43.7 Å². The van der Waals surface area contributed by atoms with Crippen LogP contribution in [0.1, 0.15) is 22.5 Å². The van der Waals surface area contributed by atoms with E-state index in [0.29, 0.717) is 12.1 Å². The lowest BCUT2D eigenvalue weighted by Crippen LogP contribution is -2.25. The van der Waals surface area contributed by atoms with E-state index >= 15 is 0 Å². The number of rotatable bonds is 5. The number of nitrogens with zero attached hydrogens (tertiary/aromatic N) is 2. The summed E-state index contributed by atoms with van der Waals surface area (Å²) >= 11 is 3.35. The molecule has 100 valence electrons. The Morgan fingerprint density at radius 2 is 2.05 bits per heavy atom. The van der Waals surface area contributed by atoms with Gasteiger partial charge in [-0.15, -0.1) is 0 Å². The van der Waals surface area contributed by atoms with Gasteiger partial charge in [0.25, 0.3) is 5.91 Å². The van der Waals surface area contributed by atoms with E-state index in [-0.39, 0.29) is 5.91 Å². The predicted molar refractivity (Wildman–Crippen MR) is 78.1 cm³/mol. The number of aryl methyl sites for hydroxylation is 2. The molecule has 0 radical (unpaired) electrons. The highest BCUT2D eigenvalue weighted by molar-refractivity contribution is 9.10. The third-order valence-corrected chi connectivity index (χ3v) is 3.40. The summed E-state index contributed by atoms with van der Waals surface area (Å²) in [5.74, 6) is -0.0373. The number of carbonyl (C=O) groups excluding carboxylic acids is 1. The quantitative estimate of drug-likeness (QED) is 0.861. The van der Waals surface area contributed by atoms with Crippen LogP contribution in [0.15, 0.2) is 41.0 Å². The molecular formula is C14H16BrN3O. The molecular weight excluding hydrogens is 306 g/mol. The summed E-state index contributed by atoms with van der Waals surface area (Å²) in [6.07, 6.45) is 2.65. The molecule has 0 fully saturated rings. The lowest BCUT2D eigenvalue weighted by molar-refractivity contribution is 0.0952. The van der Waals surface area contributed by atoms with Crippen molar-refractivity contribution in [1.29, 1.82) is 0 Å². The molecule has 0 atom stereocenters. The Hall–Kier alpha value is -1.62. The lowest BCUT2D eigenvalue weighted by atomic mass is 10.2. The lowest BCUT2D eigenvalue weighted by Gasteiger charge is -2.06. The molecule has 2 aromatic rings. The molecule has 4 nitrogen and oxygen atoms in total. The van der Waals surface area contributed by atoms with Crippen molar-refractivity contribution < 1.29 is 4.79 Å². The smallest absolute Gasteiger partial charge is 0.251 e. The van der Waals surface area contributed by atoms with E-state index in [2.05, 4.69) is 26.3 Å². The monoisotopic (exact) mass is 321 g/mol. The molecule has 1 N–H and O–H groups in total. The maximum absolute atomic E-state index is 11.8. The Kier molecular flexibility index (Phi) is 4.74. The minimum atomic E-state index is -0.0373. The molecule has 1 amide bonds. The number of aromatic nitrogens is 2. The van der Waals surface area contributed by atoms with Crippen molar-refractivity contribution in [2.45, 2.75) is 19.9 Å². The predicted octanol–water partition coefficient (Wildman–Crippen LogP) is 2.77. The average molecular weight is 322 g/mol. The first kappa shape index (κ1) is 13.8. The van der Waals surface area contributed by atoms with E-state index in [1.54, 1.807) is 18.3 Å². The van der Waals surface area contributed by atoms with Crippen LogP contribution in [0.25, 0.3) is 0 Å². The zero-order chi connectivity index (χ0) is 13.7. The summed E-state index contributed by atoms with van der Waals surface area (Å²) in [5, 5.41) is 7.10. The zero-order valence-corrected chi connectivity index (χ0v) is 12.4. The van der Waals surface area contributed by atoms with Crippen LogP contribution in [0.4, 0.5) is 0 Å². The number of amides is 1. The second kappa shape index (κ2) is 6.52. The SMILES string of the molecule is Cc1ccnn1CCCNC(=O)c1ccc(Br)cc1. The summed E-state index contributed by atoms with van der Waals surface area (Å²) in [6.45, 7) is 3.49. The first-order valence-corrected chi connectivity index (χ1v) is 6.98. The standard InChI is InChI=1S/C14H16BrN3O/c1-11-7-9-17-18(11)10-2-8-16-14(19)12-3-5-13(15)6-4-12/h3-7,9H,2,8,10H2,1H3,(H,16,19). The highest BCUT2D eigenvalue weighted by atomic mass is 79.9. The van der Waals surface area contributed by atoms with Crippen LogP contribution in [0.3, 0.4) is 0 Å². The third kappa shape index (κ3) is 3.92. The molecule has 0 unspecified atom stereocenters. The molecule has 1 aromatic carbocycles. The number of nitrogens with one attached hydrogen (secondary N) is 1. The average Bonchev–Trinajstić information content (AvgIpc) is 2.81. The third-order valence-electron chi connectivity index (χ3n) is 2.87. The van der Waals surface area contributed by atoms with Crippen molar-refractivity contribution in [1.82, 2.24) is 15.1 Å². The van der Waals surface area contributed by atoms with Crippen molar-refractivity contribution in [2.75, 3.05) is 6.54 Å². The van der Waals surface area contributed by atoms with E-state index in [1.165, 1.54) is 0 Å². The number of hydrogen-bond donors (Lipinski definition) is 1. The van der Waals surface area contributed by atoms with E-state index < -0.39 is 0 Å². The second-order valence-corrected chi connectivity index (χ2v) is 5.23. The van der Waals surface area contributed by atoms with Crippen molar-refractivity contribution in [3.63, 3.8) is 0 Å². The zero-order valence-electron chi connectivity index (χ0n) is 10.8. The topological polar surface area (TPSA) is 46.9 Å². The van der Waals surface area contributed by atoms with Crippen molar-refractivity contribution in [2.24, 2.45) is 0 Å². The van der Waals surface area contributed by atoms with E-state index in [0.717, 1.165) is 23.1 Å². The number of carbonyl (C=O) groups is 1. The Balaban J connectivity index is 1.75. The van der Waals surface area contributed by atoms with Crippen LogP contribution in [0.5, 0.6) is 0 Å². The minimum absolute atomic E-state index is 0.0373.